The highest BCUT2D eigenvalue weighted by atomic mass is 32.2. The lowest BCUT2D eigenvalue weighted by atomic mass is 10.1. The van der Waals surface area contributed by atoms with Crippen LogP contribution >= 0.6 is 24.0 Å². The number of hydrogen-bond acceptors (Lipinski definition) is 7. The number of furan rings is 1. The summed E-state index contributed by atoms with van der Waals surface area (Å²) in [4.78, 5) is 25.6. The van der Waals surface area contributed by atoms with Crippen molar-refractivity contribution < 1.29 is 14.1 Å². The second-order valence-corrected chi connectivity index (χ2v) is 8.28. The summed E-state index contributed by atoms with van der Waals surface area (Å²) in [6.07, 6.45) is 4.86. The third-order valence-corrected chi connectivity index (χ3v) is 5.86. The molecule has 9 heteroatoms. The zero-order chi connectivity index (χ0) is 19.7. The van der Waals surface area contributed by atoms with Crippen molar-refractivity contribution in [3.8, 4) is 11.3 Å². The fourth-order valence-electron chi connectivity index (χ4n) is 3.36. The van der Waals surface area contributed by atoms with Gasteiger partial charge in [0.1, 0.15) is 21.5 Å². The van der Waals surface area contributed by atoms with E-state index in [1.54, 1.807) is 30.3 Å². The van der Waals surface area contributed by atoms with Crippen molar-refractivity contribution in [2.24, 2.45) is 0 Å². The van der Waals surface area contributed by atoms with Gasteiger partial charge in [0, 0.05) is 30.8 Å². The van der Waals surface area contributed by atoms with E-state index >= 15 is 0 Å². The van der Waals surface area contributed by atoms with E-state index in [4.69, 9.17) is 16.6 Å². The Morgan fingerprint density at radius 2 is 2.00 bits per heavy atom. The van der Waals surface area contributed by atoms with Crippen LogP contribution in [0.5, 0.6) is 0 Å². The molecule has 0 aliphatic carbocycles. The van der Waals surface area contributed by atoms with Crippen molar-refractivity contribution in [1.82, 2.24) is 5.32 Å². The Morgan fingerprint density at radius 3 is 2.68 bits per heavy atom. The molecule has 1 aromatic carbocycles. The standard InChI is InChI=1S/C19H17N3O4S2/c23-18-17(28-19(27)20-18)11-13-5-7-16(26-13)12-4-6-14(15(10-12)22(24)25)21-8-2-1-3-9-21/h4-7,10-11H,1-3,8-9H2,(H,20,23,27)/b17-11-. The molecular formula is C19H17N3O4S2. The Labute approximate surface area is 170 Å². The Kier molecular flexibility index (Phi) is 5.19. The van der Waals surface area contributed by atoms with Crippen LogP contribution in [-0.2, 0) is 4.79 Å². The molecule has 0 radical (unpaired) electrons. The lowest BCUT2D eigenvalue weighted by Gasteiger charge is -2.28. The molecule has 0 bridgehead atoms. The second kappa shape index (κ2) is 7.76. The predicted molar refractivity (Wildman–Crippen MR) is 113 cm³/mol. The molecule has 0 unspecified atom stereocenters. The molecule has 0 atom stereocenters. The maximum Gasteiger partial charge on any atom is 0.293 e. The highest BCUT2D eigenvalue weighted by Crippen LogP contribution is 2.35. The van der Waals surface area contributed by atoms with Crippen LogP contribution in [0.2, 0.25) is 0 Å². The Bertz CT molecular complexity index is 993. The van der Waals surface area contributed by atoms with Gasteiger partial charge in [-0.15, -0.1) is 0 Å². The predicted octanol–water partition coefficient (Wildman–Crippen LogP) is 4.33. The zero-order valence-corrected chi connectivity index (χ0v) is 16.5. The molecule has 144 valence electrons. The molecule has 0 spiro atoms. The maximum atomic E-state index is 11.8. The number of rotatable bonds is 4. The van der Waals surface area contributed by atoms with Gasteiger partial charge in [-0.25, -0.2) is 0 Å². The van der Waals surface area contributed by atoms with Gasteiger partial charge in [0.15, 0.2) is 0 Å². The van der Waals surface area contributed by atoms with E-state index in [0.29, 0.717) is 32.0 Å². The lowest BCUT2D eigenvalue weighted by Crippen LogP contribution is -2.29. The van der Waals surface area contributed by atoms with Crippen molar-refractivity contribution in [1.29, 1.82) is 0 Å². The molecule has 1 aromatic heterocycles. The quantitative estimate of drug-likeness (QED) is 0.344. The number of nitro benzene ring substituents is 1. The van der Waals surface area contributed by atoms with Crippen molar-refractivity contribution in [2.45, 2.75) is 19.3 Å². The number of carbonyl (C=O) groups is 1. The number of thioether (sulfide) groups is 1. The van der Waals surface area contributed by atoms with E-state index in [0.717, 1.165) is 32.4 Å². The fourth-order valence-corrected chi connectivity index (χ4v) is 4.39. The summed E-state index contributed by atoms with van der Waals surface area (Å²) in [5.41, 5.74) is 1.35. The first-order valence-electron chi connectivity index (χ1n) is 8.90. The van der Waals surface area contributed by atoms with E-state index in [2.05, 4.69) is 10.2 Å². The summed E-state index contributed by atoms with van der Waals surface area (Å²) in [6, 6.07) is 8.63. The second-order valence-electron chi connectivity index (χ2n) is 6.56. The van der Waals surface area contributed by atoms with E-state index < -0.39 is 0 Å². The number of thiocarbonyl (C=S) groups is 1. The SMILES string of the molecule is O=C1NC(=S)S/C1=C\c1ccc(-c2ccc(N3CCCCC3)c([N+](=O)[O-])c2)o1. The van der Waals surface area contributed by atoms with Crippen LogP contribution < -0.4 is 10.2 Å². The minimum absolute atomic E-state index is 0.0757. The molecule has 28 heavy (non-hydrogen) atoms. The van der Waals surface area contributed by atoms with Crippen molar-refractivity contribution in [2.75, 3.05) is 18.0 Å². The molecule has 1 amide bonds. The summed E-state index contributed by atoms with van der Waals surface area (Å²) < 4.78 is 6.20. The monoisotopic (exact) mass is 415 g/mol. The maximum absolute atomic E-state index is 11.8. The number of carbonyl (C=O) groups excluding carboxylic acids is 1. The minimum atomic E-state index is -0.348. The number of benzene rings is 1. The van der Waals surface area contributed by atoms with Crippen LogP contribution in [0.1, 0.15) is 25.0 Å². The molecule has 2 aliphatic rings. The van der Waals surface area contributed by atoms with Crippen LogP contribution in [0, 0.1) is 10.1 Å². The number of piperidine rings is 1. The molecule has 0 saturated carbocycles. The first-order chi connectivity index (χ1) is 13.5. The topological polar surface area (TPSA) is 88.6 Å². The molecule has 3 heterocycles. The van der Waals surface area contributed by atoms with Gasteiger partial charge in [-0.2, -0.15) is 0 Å². The van der Waals surface area contributed by atoms with Crippen molar-refractivity contribution in [3.05, 3.63) is 51.1 Å². The van der Waals surface area contributed by atoms with Crippen molar-refractivity contribution in [3.63, 3.8) is 0 Å². The van der Waals surface area contributed by atoms with Crippen LogP contribution in [0.25, 0.3) is 17.4 Å². The first-order valence-corrected chi connectivity index (χ1v) is 10.1. The number of amides is 1. The van der Waals surface area contributed by atoms with Gasteiger partial charge in [-0.3, -0.25) is 14.9 Å². The molecule has 1 N–H and O–H groups in total. The molecule has 7 nitrogen and oxygen atoms in total. The van der Waals surface area contributed by atoms with E-state index in [9.17, 15) is 14.9 Å². The van der Waals surface area contributed by atoms with Gasteiger partial charge in [0.25, 0.3) is 11.6 Å². The smallest absolute Gasteiger partial charge is 0.293 e. The molecule has 2 saturated heterocycles. The van der Waals surface area contributed by atoms with E-state index in [1.165, 1.54) is 11.8 Å². The van der Waals surface area contributed by atoms with Crippen LogP contribution in [0.4, 0.5) is 11.4 Å². The van der Waals surface area contributed by atoms with Gasteiger partial charge in [-0.1, -0.05) is 24.0 Å². The van der Waals surface area contributed by atoms with Crippen molar-refractivity contribution >= 4 is 51.7 Å². The zero-order valence-electron chi connectivity index (χ0n) is 14.8. The van der Waals surface area contributed by atoms with Gasteiger partial charge in [0.05, 0.1) is 9.83 Å². The minimum Gasteiger partial charge on any atom is -0.457 e. The summed E-state index contributed by atoms with van der Waals surface area (Å²) in [7, 11) is 0. The number of hydrogen-bond donors (Lipinski definition) is 1. The average molecular weight is 415 g/mol. The highest BCUT2D eigenvalue weighted by molar-refractivity contribution is 8.26. The van der Waals surface area contributed by atoms with Crippen LogP contribution in [-0.4, -0.2) is 28.2 Å². The molecule has 2 aliphatic heterocycles. The van der Waals surface area contributed by atoms with E-state index in [-0.39, 0.29) is 16.5 Å². The molecular weight excluding hydrogens is 398 g/mol. The van der Waals surface area contributed by atoms with E-state index in [1.807, 2.05) is 6.07 Å². The average Bonchev–Trinajstić information content (AvgIpc) is 3.28. The lowest BCUT2D eigenvalue weighted by molar-refractivity contribution is -0.384. The summed E-state index contributed by atoms with van der Waals surface area (Å²) in [6.45, 7) is 1.67. The number of anilines is 1. The third-order valence-electron chi connectivity index (χ3n) is 4.70. The highest BCUT2D eigenvalue weighted by Gasteiger charge is 2.24. The van der Waals surface area contributed by atoms with Crippen LogP contribution in [0.3, 0.4) is 0 Å². The Balaban J connectivity index is 1.63. The van der Waals surface area contributed by atoms with Crippen LogP contribution in [0.15, 0.2) is 39.7 Å². The van der Waals surface area contributed by atoms with Gasteiger partial charge in [0.2, 0.25) is 0 Å². The normalized spacial score (nSPS) is 18.6. The largest absolute Gasteiger partial charge is 0.457 e. The Hall–Kier alpha value is -2.65. The number of nitrogens with one attached hydrogen (secondary N) is 1. The van der Waals surface area contributed by atoms with Gasteiger partial charge < -0.3 is 14.6 Å². The summed E-state index contributed by atoms with van der Waals surface area (Å²) >= 11 is 6.14. The summed E-state index contributed by atoms with van der Waals surface area (Å²) in [5, 5.41) is 14.2. The molecule has 4 rings (SSSR count). The molecule has 2 aromatic rings. The Morgan fingerprint density at radius 1 is 1.21 bits per heavy atom. The van der Waals surface area contributed by atoms with Gasteiger partial charge >= 0.3 is 0 Å². The third kappa shape index (κ3) is 3.81. The number of nitrogens with zero attached hydrogens (tertiary/aromatic N) is 2. The van der Waals surface area contributed by atoms with Gasteiger partial charge in [-0.05, 0) is 43.5 Å². The molecule has 2 fully saturated rings. The summed E-state index contributed by atoms with van der Waals surface area (Å²) in [5.74, 6) is 0.737. The number of nitro groups is 1. The fraction of sp³-hybridized carbons (Fsp3) is 0.263. The first kappa shape index (κ1) is 18.7.